The molecule has 1 saturated carbocycles. The Balaban J connectivity index is 1.66. The molecule has 0 radical (unpaired) electrons. The number of carbonyl (C=O) groups is 1. The quantitative estimate of drug-likeness (QED) is 0.543. The number of thioether (sulfide) groups is 1. The van der Waals surface area contributed by atoms with Gasteiger partial charge in [0.25, 0.3) is 5.56 Å². The molecule has 1 fully saturated rings. The lowest BCUT2D eigenvalue weighted by atomic mass is 10.1. The number of hydrogen-bond donors (Lipinski definition) is 2. The van der Waals surface area contributed by atoms with Crippen molar-refractivity contribution in [2.75, 3.05) is 0 Å². The number of thiophene rings is 1. The number of carbonyl (C=O) groups excluding carboxylic acids is 1. The van der Waals surface area contributed by atoms with Gasteiger partial charge in [-0.3, -0.25) is 9.59 Å². The summed E-state index contributed by atoms with van der Waals surface area (Å²) in [5.41, 5.74) is 0.729. The second-order valence-corrected chi connectivity index (χ2v) is 7.69. The van der Waals surface area contributed by atoms with E-state index in [1.165, 1.54) is 23.1 Å². The summed E-state index contributed by atoms with van der Waals surface area (Å²) in [6.07, 6.45) is 2.07. The first-order chi connectivity index (χ1) is 11.7. The monoisotopic (exact) mass is 357 g/mol. The van der Waals surface area contributed by atoms with Gasteiger partial charge in [-0.25, -0.2) is 4.98 Å². The van der Waals surface area contributed by atoms with E-state index >= 15 is 0 Å². The van der Waals surface area contributed by atoms with Crippen LogP contribution in [0, 0.1) is 0 Å². The molecule has 0 spiro atoms. The Morgan fingerprint density at radius 2 is 2.08 bits per heavy atom. The van der Waals surface area contributed by atoms with Crippen molar-refractivity contribution in [3.8, 4) is 0 Å². The topological polar surface area (TPSA) is 74.8 Å². The lowest BCUT2D eigenvalue weighted by Crippen LogP contribution is -2.30. The molecule has 1 unspecified atom stereocenters. The van der Waals surface area contributed by atoms with E-state index < -0.39 is 5.25 Å². The highest BCUT2D eigenvalue weighted by Crippen LogP contribution is 2.35. The minimum atomic E-state index is -0.438. The van der Waals surface area contributed by atoms with Crippen molar-refractivity contribution in [1.82, 2.24) is 15.3 Å². The van der Waals surface area contributed by atoms with E-state index in [2.05, 4.69) is 15.3 Å². The third-order valence-electron chi connectivity index (χ3n) is 3.81. The molecule has 1 atom stereocenters. The Morgan fingerprint density at radius 1 is 1.29 bits per heavy atom. The van der Waals surface area contributed by atoms with Crippen molar-refractivity contribution in [2.45, 2.75) is 29.3 Å². The highest BCUT2D eigenvalue weighted by molar-refractivity contribution is 8.00. The highest BCUT2D eigenvalue weighted by Gasteiger charge is 2.29. The van der Waals surface area contributed by atoms with E-state index in [0.717, 1.165) is 18.4 Å². The number of nitrogens with one attached hydrogen (secondary N) is 2. The number of hydrogen-bond acceptors (Lipinski definition) is 5. The molecule has 0 aliphatic heterocycles. The smallest absolute Gasteiger partial charge is 0.260 e. The van der Waals surface area contributed by atoms with Crippen LogP contribution in [0.15, 0.2) is 51.7 Å². The third-order valence-corrected chi connectivity index (χ3v) is 5.75. The molecule has 24 heavy (non-hydrogen) atoms. The van der Waals surface area contributed by atoms with Gasteiger partial charge in [0.05, 0.1) is 5.39 Å². The molecule has 1 aliphatic rings. The van der Waals surface area contributed by atoms with Gasteiger partial charge in [0.2, 0.25) is 5.91 Å². The summed E-state index contributed by atoms with van der Waals surface area (Å²) in [7, 11) is 0. The van der Waals surface area contributed by atoms with E-state index in [4.69, 9.17) is 0 Å². The van der Waals surface area contributed by atoms with Crippen LogP contribution >= 0.6 is 23.1 Å². The maximum absolute atomic E-state index is 12.6. The summed E-state index contributed by atoms with van der Waals surface area (Å²) in [5.74, 6) is -0.0392. The van der Waals surface area contributed by atoms with Crippen molar-refractivity contribution < 1.29 is 4.79 Å². The van der Waals surface area contributed by atoms with Gasteiger partial charge in [-0.2, -0.15) is 0 Å². The molecular weight excluding hydrogens is 342 g/mol. The fourth-order valence-corrected chi connectivity index (χ4v) is 4.23. The fraction of sp³-hybridized carbons (Fsp3) is 0.235. The van der Waals surface area contributed by atoms with E-state index in [-0.39, 0.29) is 17.5 Å². The minimum Gasteiger partial charge on any atom is -0.352 e. The fourth-order valence-electron chi connectivity index (χ4n) is 2.42. The summed E-state index contributed by atoms with van der Waals surface area (Å²) in [5, 5.41) is 5.50. The van der Waals surface area contributed by atoms with Crippen LogP contribution in [0.5, 0.6) is 0 Å². The molecule has 3 aromatic rings. The molecule has 2 N–H and O–H groups in total. The Morgan fingerprint density at radius 3 is 2.83 bits per heavy atom. The van der Waals surface area contributed by atoms with Crippen molar-refractivity contribution in [3.63, 3.8) is 0 Å². The van der Waals surface area contributed by atoms with Crippen LogP contribution in [0.2, 0.25) is 0 Å². The average molecular weight is 357 g/mol. The van der Waals surface area contributed by atoms with E-state index in [9.17, 15) is 9.59 Å². The summed E-state index contributed by atoms with van der Waals surface area (Å²) >= 11 is 2.70. The maximum Gasteiger partial charge on any atom is 0.260 e. The number of nitrogens with zero attached hydrogens (tertiary/aromatic N) is 1. The molecule has 7 heteroatoms. The summed E-state index contributed by atoms with van der Waals surface area (Å²) in [6.45, 7) is 0. The lowest BCUT2D eigenvalue weighted by Gasteiger charge is -2.16. The number of aromatic amines is 1. The van der Waals surface area contributed by atoms with Crippen LogP contribution < -0.4 is 10.9 Å². The predicted octanol–water partition coefficient (Wildman–Crippen LogP) is 3.10. The molecule has 122 valence electrons. The van der Waals surface area contributed by atoms with Crippen LogP contribution in [0.3, 0.4) is 0 Å². The largest absolute Gasteiger partial charge is 0.352 e. The number of rotatable bonds is 5. The molecule has 4 rings (SSSR count). The Labute approximate surface area is 146 Å². The summed E-state index contributed by atoms with van der Waals surface area (Å²) < 4.78 is 0. The Kier molecular flexibility index (Phi) is 4.12. The SMILES string of the molecule is O=C(NC1CC1)C(Sc1nc2sccc2c(=O)[nH]1)c1ccccc1. The zero-order chi connectivity index (χ0) is 16.5. The van der Waals surface area contributed by atoms with Crippen LogP contribution in [0.1, 0.15) is 23.7 Å². The van der Waals surface area contributed by atoms with Crippen molar-refractivity contribution in [3.05, 3.63) is 57.7 Å². The van der Waals surface area contributed by atoms with Gasteiger partial charge >= 0.3 is 0 Å². The van der Waals surface area contributed by atoms with Crippen LogP contribution in [-0.4, -0.2) is 21.9 Å². The van der Waals surface area contributed by atoms with Crippen molar-refractivity contribution in [1.29, 1.82) is 0 Å². The molecular formula is C17H15N3O2S2. The maximum atomic E-state index is 12.6. The van der Waals surface area contributed by atoms with Crippen LogP contribution in [0.4, 0.5) is 0 Å². The molecule has 1 aliphatic carbocycles. The molecule has 5 nitrogen and oxygen atoms in total. The van der Waals surface area contributed by atoms with Crippen molar-refractivity contribution in [2.24, 2.45) is 0 Å². The first-order valence-electron chi connectivity index (χ1n) is 7.70. The molecule has 0 saturated heterocycles. The molecule has 1 amide bonds. The lowest BCUT2D eigenvalue weighted by molar-refractivity contribution is -0.120. The molecule has 2 heterocycles. The second-order valence-electron chi connectivity index (χ2n) is 5.70. The zero-order valence-corrected chi connectivity index (χ0v) is 14.3. The predicted molar refractivity (Wildman–Crippen MR) is 96.4 cm³/mol. The van der Waals surface area contributed by atoms with Crippen LogP contribution in [-0.2, 0) is 4.79 Å². The van der Waals surface area contributed by atoms with Gasteiger partial charge in [0.15, 0.2) is 5.16 Å². The molecule has 1 aromatic carbocycles. The van der Waals surface area contributed by atoms with E-state index in [1.807, 2.05) is 35.7 Å². The average Bonchev–Trinajstić information content (AvgIpc) is 3.26. The second kappa shape index (κ2) is 6.41. The molecule has 2 aromatic heterocycles. The molecule has 0 bridgehead atoms. The third kappa shape index (κ3) is 3.22. The number of benzene rings is 1. The standard InChI is InChI=1S/C17H15N3O2S2/c21-14-12-8-9-23-16(12)20-17(19-14)24-13(10-4-2-1-3-5-10)15(22)18-11-6-7-11/h1-5,8-9,11,13H,6-7H2,(H,18,22)(H,19,20,21). The van der Waals surface area contributed by atoms with Gasteiger partial charge in [-0.15, -0.1) is 11.3 Å². The normalized spacial score (nSPS) is 15.3. The summed E-state index contributed by atoms with van der Waals surface area (Å²) in [4.78, 5) is 32.7. The van der Waals surface area contributed by atoms with Gasteiger partial charge in [-0.05, 0) is 29.9 Å². The van der Waals surface area contributed by atoms with Gasteiger partial charge in [0.1, 0.15) is 10.1 Å². The van der Waals surface area contributed by atoms with Crippen LogP contribution in [0.25, 0.3) is 10.2 Å². The van der Waals surface area contributed by atoms with Gasteiger partial charge in [0, 0.05) is 6.04 Å². The van der Waals surface area contributed by atoms with Crippen molar-refractivity contribution >= 4 is 39.2 Å². The number of H-pyrrole nitrogens is 1. The Hall–Kier alpha value is -2.12. The first kappa shape index (κ1) is 15.4. The zero-order valence-electron chi connectivity index (χ0n) is 12.7. The first-order valence-corrected chi connectivity index (χ1v) is 9.46. The van der Waals surface area contributed by atoms with Gasteiger partial charge < -0.3 is 10.3 Å². The minimum absolute atomic E-state index is 0.0392. The van der Waals surface area contributed by atoms with E-state index in [1.54, 1.807) is 6.07 Å². The van der Waals surface area contributed by atoms with E-state index in [0.29, 0.717) is 15.4 Å². The highest BCUT2D eigenvalue weighted by atomic mass is 32.2. The summed E-state index contributed by atoms with van der Waals surface area (Å²) in [6, 6.07) is 11.6. The number of amides is 1. The Bertz CT molecular complexity index is 932. The number of aromatic nitrogens is 2. The number of fused-ring (bicyclic) bond motifs is 1. The van der Waals surface area contributed by atoms with Gasteiger partial charge in [-0.1, -0.05) is 42.1 Å².